The minimum atomic E-state index is -3.34. The van der Waals surface area contributed by atoms with Gasteiger partial charge in [0.2, 0.25) is 10.0 Å². The van der Waals surface area contributed by atoms with E-state index in [4.69, 9.17) is 5.73 Å². The molecule has 9 heteroatoms. The van der Waals surface area contributed by atoms with Gasteiger partial charge >= 0.3 is 0 Å². The van der Waals surface area contributed by atoms with Crippen molar-refractivity contribution in [2.75, 3.05) is 37.7 Å². The third-order valence-electron chi connectivity index (χ3n) is 4.38. The lowest BCUT2D eigenvalue weighted by molar-refractivity contribution is 0.455. The van der Waals surface area contributed by atoms with Crippen molar-refractivity contribution in [1.29, 1.82) is 0 Å². The maximum atomic E-state index is 12.5. The Morgan fingerprint density at radius 1 is 1.08 bits per heavy atom. The number of sulfonamides is 1. The third kappa shape index (κ3) is 5.24. The summed E-state index contributed by atoms with van der Waals surface area (Å²) in [5, 5.41) is 0. The van der Waals surface area contributed by atoms with Crippen molar-refractivity contribution in [3.63, 3.8) is 0 Å². The molecule has 1 aromatic rings. The lowest BCUT2D eigenvalue weighted by Gasteiger charge is -2.27. The molecule has 2 aliphatic rings. The van der Waals surface area contributed by atoms with E-state index in [0.717, 1.165) is 43.0 Å². The van der Waals surface area contributed by atoms with Crippen LogP contribution in [0, 0.1) is 0 Å². The monoisotopic (exact) mass is 496 g/mol. The number of thioether (sulfide) groups is 1. The fourth-order valence-corrected chi connectivity index (χ4v) is 5.33. The zero-order chi connectivity index (χ0) is 17.0. The maximum absolute atomic E-state index is 12.5. The molecule has 2 aliphatic heterocycles. The van der Waals surface area contributed by atoms with Gasteiger partial charge in [0.25, 0.3) is 0 Å². The normalized spacial score (nSPS) is 19.7. The van der Waals surface area contributed by atoms with Crippen molar-refractivity contribution >= 4 is 51.7 Å². The van der Waals surface area contributed by atoms with Gasteiger partial charge < -0.3 is 10.6 Å². The smallest absolute Gasteiger partial charge is 0.243 e. The van der Waals surface area contributed by atoms with E-state index in [0.29, 0.717) is 30.5 Å². The minimum Gasteiger partial charge on any atom is -0.370 e. The second-order valence-electron chi connectivity index (χ2n) is 6.03. The molecule has 2 N–H and O–H groups in total. The van der Waals surface area contributed by atoms with E-state index in [1.807, 2.05) is 23.9 Å². The van der Waals surface area contributed by atoms with Crippen LogP contribution in [0.15, 0.2) is 34.2 Å². The minimum absolute atomic E-state index is 0. The van der Waals surface area contributed by atoms with Crippen LogP contribution in [0.2, 0.25) is 0 Å². The predicted molar refractivity (Wildman–Crippen MR) is 114 cm³/mol. The van der Waals surface area contributed by atoms with Gasteiger partial charge in [-0.15, -0.1) is 24.0 Å². The molecule has 2 fully saturated rings. The molecule has 0 saturated carbocycles. The Hall–Kier alpha value is -0.520. The highest BCUT2D eigenvalue weighted by Gasteiger charge is 2.26. The second kappa shape index (κ2) is 9.43. The van der Waals surface area contributed by atoms with Gasteiger partial charge in [0.05, 0.1) is 11.4 Å². The quantitative estimate of drug-likeness (QED) is 0.392. The number of hydrogen-bond acceptors (Lipinski definition) is 4. The first kappa shape index (κ1) is 20.8. The molecular weight excluding hydrogens is 471 g/mol. The lowest BCUT2D eigenvalue weighted by atomic mass is 10.2. The molecule has 0 atom stereocenters. The van der Waals surface area contributed by atoms with E-state index in [1.54, 1.807) is 16.4 Å². The van der Waals surface area contributed by atoms with Crippen LogP contribution in [0.5, 0.6) is 0 Å². The number of rotatable bonds is 4. The van der Waals surface area contributed by atoms with Crippen molar-refractivity contribution in [3.8, 4) is 0 Å². The number of nitrogens with zero attached hydrogens (tertiary/aromatic N) is 3. The van der Waals surface area contributed by atoms with Crippen LogP contribution in [0.3, 0.4) is 0 Å². The van der Waals surface area contributed by atoms with Crippen LogP contribution in [0.1, 0.15) is 18.4 Å². The van der Waals surface area contributed by atoms with Crippen LogP contribution >= 0.6 is 35.7 Å². The molecule has 140 valence electrons. The average Bonchev–Trinajstić information content (AvgIpc) is 3.16. The number of hydrogen-bond donors (Lipinski definition) is 1. The first-order valence-corrected chi connectivity index (χ1v) is 10.9. The molecule has 0 amide bonds. The molecule has 0 unspecified atom stereocenters. The predicted octanol–water partition coefficient (Wildman–Crippen LogP) is 1.95. The van der Waals surface area contributed by atoms with Gasteiger partial charge in [-0.05, 0) is 30.5 Å². The zero-order valence-corrected chi connectivity index (χ0v) is 18.1. The zero-order valence-electron chi connectivity index (χ0n) is 14.1. The topological polar surface area (TPSA) is 79.0 Å². The average molecular weight is 496 g/mol. The van der Waals surface area contributed by atoms with Crippen molar-refractivity contribution in [2.45, 2.75) is 24.3 Å². The van der Waals surface area contributed by atoms with E-state index < -0.39 is 10.0 Å². The van der Waals surface area contributed by atoms with Crippen molar-refractivity contribution < 1.29 is 8.42 Å². The molecule has 2 saturated heterocycles. The highest BCUT2D eigenvalue weighted by molar-refractivity contribution is 14.0. The largest absolute Gasteiger partial charge is 0.370 e. The number of guanidine groups is 1. The molecule has 1 aromatic carbocycles. The van der Waals surface area contributed by atoms with Crippen LogP contribution in [0.25, 0.3) is 0 Å². The van der Waals surface area contributed by atoms with Gasteiger partial charge in [0.1, 0.15) is 0 Å². The van der Waals surface area contributed by atoms with Crippen LogP contribution in [0.4, 0.5) is 0 Å². The molecule has 0 spiro atoms. The first-order valence-electron chi connectivity index (χ1n) is 8.29. The van der Waals surface area contributed by atoms with E-state index in [9.17, 15) is 8.42 Å². The summed E-state index contributed by atoms with van der Waals surface area (Å²) in [6, 6.07) is 7.00. The standard InChI is InChI=1S/C16H24N4O2S2.HI/c17-16(19-9-11-23-12-10-19)18-13-14-3-5-15(6-4-14)24(21,22)20-7-1-2-8-20;/h3-6H,1-2,7-13H2,(H2,17,18);1H. The first-order chi connectivity index (χ1) is 11.6. The number of nitrogens with two attached hydrogens (primary N) is 1. The van der Waals surface area contributed by atoms with Crippen LogP contribution in [-0.2, 0) is 16.6 Å². The molecule has 0 aromatic heterocycles. The molecule has 3 rings (SSSR count). The maximum Gasteiger partial charge on any atom is 0.243 e. The Morgan fingerprint density at radius 3 is 2.28 bits per heavy atom. The van der Waals surface area contributed by atoms with E-state index >= 15 is 0 Å². The summed E-state index contributed by atoms with van der Waals surface area (Å²) < 4.78 is 26.5. The molecule has 2 heterocycles. The Morgan fingerprint density at radius 2 is 1.68 bits per heavy atom. The number of halogens is 1. The summed E-state index contributed by atoms with van der Waals surface area (Å²) in [5.41, 5.74) is 7.00. The van der Waals surface area contributed by atoms with Gasteiger partial charge in [-0.25, -0.2) is 13.4 Å². The van der Waals surface area contributed by atoms with Gasteiger partial charge in [0, 0.05) is 37.7 Å². The van der Waals surface area contributed by atoms with Crippen LogP contribution in [-0.4, -0.2) is 61.3 Å². The summed E-state index contributed by atoms with van der Waals surface area (Å²) in [4.78, 5) is 6.90. The van der Waals surface area contributed by atoms with Gasteiger partial charge in [-0.3, -0.25) is 0 Å². The van der Waals surface area contributed by atoms with E-state index in [-0.39, 0.29) is 24.0 Å². The second-order valence-corrected chi connectivity index (χ2v) is 9.19. The summed E-state index contributed by atoms with van der Waals surface area (Å²) in [6.45, 7) is 3.59. The highest BCUT2D eigenvalue weighted by atomic mass is 127. The van der Waals surface area contributed by atoms with Gasteiger partial charge in [0.15, 0.2) is 5.96 Å². The summed E-state index contributed by atoms with van der Waals surface area (Å²) in [7, 11) is -3.34. The van der Waals surface area contributed by atoms with E-state index in [1.165, 1.54) is 0 Å². The number of aliphatic imine (C=N–C) groups is 1. The SMILES string of the molecule is I.NC(=NCc1ccc(S(=O)(=O)N2CCCC2)cc1)N1CCSCC1. The Kier molecular flexibility index (Phi) is 7.84. The Labute approximate surface area is 171 Å². The van der Waals surface area contributed by atoms with Crippen molar-refractivity contribution in [3.05, 3.63) is 29.8 Å². The lowest BCUT2D eigenvalue weighted by Crippen LogP contribution is -2.42. The fourth-order valence-electron chi connectivity index (χ4n) is 2.91. The van der Waals surface area contributed by atoms with Crippen molar-refractivity contribution in [2.24, 2.45) is 10.7 Å². The summed E-state index contributed by atoms with van der Waals surface area (Å²) in [5.74, 6) is 2.74. The molecular formula is C16H25IN4O2S2. The van der Waals surface area contributed by atoms with E-state index in [2.05, 4.69) is 9.89 Å². The van der Waals surface area contributed by atoms with Gasteiger partial charge in [-0.2, -0.15) is 16.1 Å². The Bertz CT molecular complexity index is 683. The third-order valence-corrected chi connectivity index (χ3v) is 7.24. The molecule has 0 aliphatic carbocycles. The Balaban J connectivity index is 0.00000225. The van der Waals surface area contributed by atoms with Crippen LogP contribution < -0.4 is 5.73 Å². The van der Waals surface area contributed by atoms with Gasteiger partial charge in [-0.1, -0.05) is 12.1 Å². The molecule has 6 nitrogen and oxygen atoms in total. The summed E-state index contributed by atoms with van der Waals surface area (Å²) >= 11 is 1.93. The highest BCUT2D eigenvalue weighted by Crippen LogP contribution is 2.21. The fraction of sp³-hybridized carbons (Fsp3) is 0.562. The van der Waals surface area contributed by atoms with Crippen molar-refractivity contribution in [1.82, 2.24) is 9.21 Å². The molecule has 25 heavy (non-hydrogen) atoms. The summed E-state index contributed by atoms with van der Waals surface area (Å²) in [6.07, 6.45) is 1.89. The molecule has 0 bridgehead atoms. The molecule has 0 radical (unpaired) electrons. The number of benzene rings is 1.